The number of ether oxygens (including phenoxy) is 1. The maximum atomic E-state index is 5.81. The van der Waals surface area contributed by atoms with Crippen LogP contribution in [-0.2, 0) is 10.3 Å². The monoisotopic (exact) mass is 281 g/mol. The minimum Gasteiger partial charge on any atom is -0.370 e. The molecule has 1 unspecified atom stereocenters. The van der Waals surface area contributed by atoms with Crippen molar-refractivity contribution in [3.8, 4) is 0 Å². The van der Waals surface area contributed by atoms with E-state index in [2.05, 4.69) is 36.2 Å². The van der Waals surface area contributed by atoms with E-state index in [9.17, 15) is 0 Å². The van der Waals surface area contributed by atoms with Gasteiger partial charge < -0.3 is 14.6 Å². The Hall–Kier alpha value is -0.940. The first-order valence-corrected chi connectivity index (χ1v) is 7.55. The Balaban J connectivity index is 2.16. The average Bonchev–Trinajstić information content (AvgIpc) is 2.90. The zero-order valence-electron chi connectivity index (χ0n) is 13.3. The summed E-state index contributed by atoms with van der Waals surface area (Å²) in [6, 6.07) is 0.0789. The van der Waals surface area contributed by atoms with Gasteiger partial charge in [-0.1, -0.05) is 25.9 Å². The number of hydrogen-bond donors (Lipinski definition) is 1. The molecule has 0 aromatic carbocycles. The molecule has 0 saturated heterocycles. The second-order valence-corrected chi connectivity index (χ2v) is 6.60. The zero-order valence-corrected chi connectivity index (χ0v) is 13.3. The van der Waals surface area contributed by atoms with Crippen molar-refractivity contribution in [1.29, 1.82) is 0 Å². The van der Waals surface area contributed by atoms with Gasteiger partial charge >= 0.3 is 0 Å². The summed E-state index contributed by atoms with van der Waals surface area (Å²) in [5, 5.41) is 7.47. The van der Waals surface area contributed by atoms with Crippen LogP contribution in [0, 0.1) is 5.41 Å². The third-order valence-electron chi connectivity index (χ3n) is 4.53. The standard InChI is InChI=1S/C15H27N3O2/c1-6-16-11(2)12-17-13(18-20-12)15(19-5)9-7-14(3,4)8-10-15/h11,16H,6-10H2,1-5H3. The van der Waals surface area contributed by atoms with Gasteiger partial charge in [-0.25, -0.2) is 0 Å². The Bertz CT molecular complexity index is 432. The van der Waals surface area contributed by atoms with Crippen molar-refractivity contribution < 1.29 is 9.26 Å². The maximum absolute atomic E-state index is 5.81. The van der Waals surface area contributed by atoms with Crippen molar-refractivity contribution >= 4 is 0 Å². The Morgan fingerprint density at radius 3 is 2.50 bits per heavy atom. The predicted octanol–water partition coefficient (Wildman–Crippen LogP) is 3.18. The molecule has 114 valence electrons. The lowest BCUT2D eigenvalue weighted by atomic mass is 9.70. The Labute approximate surface area is 121 Å². The van der Waals surface area contributed by atoms with Crippen LogP contribution in [0.4, 0.5) is 0 Å². The summed E-state index contributed by atoms with van der Waals surface area (Å²) in [7, 11) is 1.75. The van der Waals surface area contributed by atoms with Gasteiger partial charge in [0.25, 0.3) is 0 Å². The average molecular weight is 281 g/mol. The lowest BCUT2D eigenvalue weighted by Gasteiger charge is -2.40. The van der Waals surface area contributed by atoms with Crippen LogP contribution in [0.15, 0.2) is 4.52 Å². The molecule has 1 atom stereocenters. The molecule has 1 aliphatic rings. The van der Waals surface area contributed by atoms with Gasteiger partial charge in [0.15, 0.2) is 0 Å². The highest BCUT2D eigenvalue weighted by Gasteiger charge is 2.43. The van der Waals surface area contributed by atoms with Crippen LogP contribution in [0.25, 0.3) is 0 Å². The molecule has 0 radical (unpaired) electrons. The van der Waals surface area contributed by atoms with Crippen LogP contribution in [0.2, 0.25) is 0 Å². The van der Waals surface area contributed by atoms with E-state index in [0.29, 0.717) is 17.1 Å². The van der Waals surface area contributed by atoms with E-state index in [1.807, 2.05) is 6.92 Å². The van der Waals surface area contributed by atoms with Crippen LogP contribution in [0.1, 0.15) is 71.1 Å². The van der Waals surface area contributed by atoms with Crippen LogP contribution >= 0.6 is 0 Å². The number of nitrogens with one attached hydrogen (secondary N) is 1. The number of rotatable bonds is 5. The summed E-state index contributed by atoms with van der Waals surface area (Å²) in [5.41, 5.74) is 0.00879. The molecule has 1 fully saturated rings. The summed E-state index contributed by atoms with van der Waals surface area (Å²) < 4.78 is 11.2. The number of nitrogens with zero attached hydrogens (tertiary/aromatic N) is 2. The molecule has 5 heteroatoms. The first-order chi connectivity index (χ1) is 9.42. The zero-order chi connectivity index (χ0) is 14.8. The number of aromatic nitrogens is 2. The van der Waals surface area contributed by atoms with Gasteiger partial charge in [-0.2, -0.15) is 4.98 Å². The van der Waals surface area contributed by atoms with Crippen molar-refractivity contribution in [2.75, 3.05) is 13.7 Å². The minimum absolute atomic E-state index is 0.0789. The van der Waals surface area contributed by atoms with E-state index >= 15 is 0 Å². The predicted molar refractivity (Wildman–Crippen MR) is 77.3 cm³/mol. The second kappa shape index (κ2) is 5.82. The molecule has 1 saturated carbocycles. The van der Waals surface area contributed by atoms with Gasteiger partial charge in [0.1, 0.15) is 5.60 Å². The maximum Gasteiger partial charge on any atom is 0.243 e. The summed E-state index contributed by atoms with van der Waals surface area (Å²) in [6.07, 6.45) is 4.14. The lowest BCUT2D eigenvalue weighted by Crippen LogP contribution is -2.37. The Kier molecular flexibility index (Phi) is 4.49. The topological polar surface area (TPSA) is 60.2 Å². The fourth-order valence-electron chi connectivity index (χ4n) is 2.84. The molecule has 0 aliphatic heterocycles. The van der Waals surface area contributed by atoms with Crippen molar-refractivity contribution in [3.63, 3.8) is 0 Å². The first-order valence-electron chi connectivity index (χ1n) is 7.55. The minimum atomic E-state index is -0.372. The smallest absolute Gasteiger partial charge is 0.243 e. The van der Waals surface area contributed by atoms with E-state index < -0.39 is 0 Å². The molecular formula is C15H27N3O2. The fourth-order valence-corrected chi connectivity index (χ4v) is 2.84. The van der Waals surface area contributed by atoms with Gasteiger partial charge in [-0.15, -0.1) is 0 Å². The molecule has 5 nitrogen and oxygen atoms in total. The highest BCUT2D eigenvalue weighted by molar-refractivity contribution is 5.06. The molecular weight excluding hydrogens is 254 g/mol. The molecule has 0 amide bonds. The van der Waals surface area contributed by atoms with Crippen LogP contribution in [0.3, 0.4) is 0 Å². The molecule has 1 aliphatic carbocycles. The fraction of sp³-hybridized carbons (Fsp3) is 0.867. The third-order valence-corrected chi connectivity index (χ3v) is 4.53. The Morgan fingerprint density at radius 2 is 1.95 bits per heavy atom. The number of hydrogen-bond acceptors (Lipinski definition) is 5. The quantitative estimate of drug-likeness (QED) is 0.898. The van der Waals surface area contributed by atoms with Crippen LogP contribution in [0.5, 0.6) is 0 Å². The van der Waals surface area contributed by atoms with E-state index in [1.165, 1.54) is 0 Å². The Morgan fingerprint density at radius 1 is 1.30 bits per heavy atom. The first kappa shape index (κ1) is 15.4. The van der Waals surface area contributed by atoms with Gasteiger partial charge in [-0.3, -0.25) is 0 Å². The summed E-state index contributed by atoms with van der Waals surface area (Å²) in [6.45, 7) is 9.59. The number of methoxy groups -OCH3 is 1. The molecule has 1 N–H and O–H groups in total. The molecule has 20 heavy (non-hydrogen) atoms. The van der Waals surface area contributed by atoms with Crippen molar-refractivity contribution in [3.05, 3.63) is 11.7 Å². The van der Waals surface area contributed by atoms with E-state index in [1.54, 1.807) is 7.11 Å². The normalized spacial score (nSPS) is 22.6. The van der Waals surface area contributed by atoms with E-state index in [0.717, 1.165) is 32.2 Å². The summed E-state index contributed by atoms with van der Waals surface area (Å²) in [4.78, 5) is 4.58. The second-order valence-electron chi connectivity index (χ2n) is 6.60. The van der Waals surface area contributed by atoms with E-state index in [-0.39, 0.29) is 11.6 Å². The molecule has 0 bridgehead atoms. The van der Waals surface area contributed by atoms with Gasteiger partial charge in [0.2, 0.25) is 11.7 Å². The molecule has 1 aromatic rings. The van der Waals surface area contributed by atoms with Crippen molar-refractivity contribution in [2.45, 2.75) is 65.0 Å². The van der Waals surface area contributed by atoms with Crippen molar-refractivity contribution in [1.82, 2.24) is 15.5 Å². The van der Waals surface area contributed by atoms with Crippen LogP contribution < -0.4 is 5.32 Å². The largest absolute Gasteiger partial charge is 0.370 e. The molecule has 0 spiro atoms. The highest BCUT2D eigenvalue weighted by atomic mass is 16.5. The van der Waals surface area contributed by atoms with Crippen molar-refractivity contribution in [2.24, 2.45) is 5.41 Å². The van der Waals surface area contributed by atoms with Gasteiger partial charge in [0.05, 0.1) is 6.04 Å². The summed E-state index contributed by atoms with van der Waals surface area (Å²) in [5.74, 6) is 1.35. The van der Waals surface area contributed by atoms with E-state index in [4.69, 9.17) is 9.26 Å². The van der Waals surface area contributed by atoms with Crippen LogP contribution in [-0.4, -0.2) is 23.8 Å². The summed E-state index contributed by atoms with van der Waals surface area (Å²) >= 11 is 0. The molecule has 1 aromatic heterocycles. The van der Waals surface area contributed by atoms with Gasteiger partial charge in [-0.05, 0) is 44.6 Å². The molecule has 1 heterocycles. The lowest BCUT2D eigenvalue weighted by molar-refractivity contribution is -0.0740. The third kappa shape index (κ3) is 3.04. The SMILES string of the molecule is CCNC(C)c1nc(C2(OC)CCC(C)(C)CC2)no1. The molecule has 2 rings (SSSR count). The highest BCUT2D eigenvalue weighted by Crippen LogP contribution is 2.46. The van der Waals surface area contributed by atoms with Gasteiger partial charge in [0, 0.05) is 7.11 Å².